The van der Waals surface area contributed by atoms with Gasteiger partial charge in [0.25, 0.3) is 11.7 Å². The van der Waals surface area contributed by atoms with Crippen molar-refractivity contribution in [3.05, 3.63) is 62.6 Å². The normalized spacial score (nSPS) is 17.7. The number of ketones is 1. The monoisotopic (exact) mass is 477 g/mol. The number of aliphatic hydroxyl groups excluding tert-OH is 1. The summed E-state index contributed by atoms with van der Waals surface area (Å²) in [5.41, 5.74) is 1.73. The van der Waals surface area contributed by atoms with Gasteiger partial charge >= 0.3 is 0 Å². The van der Waals surface area contributed by atoms with Gasteiger partial charge in [-0.15, -0.1) is 0 Å². The average molecular weight is 478 g/mol. The molecule has 2 aromatic rings. The standard InChI is InChI=1S/C24H25Cl2NO5/c1-5-6-11-27-19(14-10-8-7-9-13(14)2)17(21(29)24(27)30)20(28)15-12-16(25)23(32-4)18(26)22(15)31-3/h7-10,12,19,28H,5-6,11H2,1-4H3/b20-17+. The fourth-order valence-electron chi connectivity index (χ4n) is 3.95. The van der Waals surface area contributed by atoms with Crippen molar-refractivity contribution in [3.8, 4) is 11.5 Å². The molecule has 3 rings (SSSR count). The lowest BCUT2D eigenvalue weighted by atomic mass is 9.92. The summed E-state index contributed by atoms with van der Waals surface area (Å²) in [4.78, 5) is 27.6. The van der Waals surface area contributed by atoms with E-state index in [-0.39, 0.29) is 32.7 Å². The van der Waals surface area contributed by atoms with E-state index in [1.807, 2.05) is 38.1 Å². The number of amides is 1. The van der Waals surface area contributed by atoms with Gasteiger partial charge in [0.05, 0.1) is 36.4 Å². The number of ether oxygens (including phenoxy) is 2. The maximum Gasteiger partial charge on any atom is 0.295 e. The van der Waals surface area contributed by atoms with Gasteiger partial charge in [0.2, 0.25) is 0 Å². The van der Waals surface area contributed by atoms with Gasteiger partial charge in [-0.25, -0.2) is 0 Å². The fraction of sp³-hybridized carbons (Fsp3) is 0.333. The summed E-state index contributed by atoms with van der Waals surface area (Å²) in [5.74, 6) is -1.55. The summed E-state index contributed by atoms with van der Waals surface area (Å²) < 4.78 is 10.6. The number of aliphatic hydroxyl groups is 1. The van der Waals surface area contributed by atoms with Crippen molar-refractivity contribution in [1.82, 2.24) is 4.90 Å². The number of halogens is 2. The SMILES string of the molecule is CCCCN1C(=O)C(=O)/C(=C(/O)c2cc(Cl)c(OC)c(Cl)c2OC)C1c1ccccc1C. The lowest BCUT2D eigenvalue weighted by Crippen LogP contribution is -2.30. The number of likely N-dealkylation sites (tertiary alicyclic amines) is 1. The zero-order chi connectivity index (χ0) is 23.6. The van der Waals surface area contributed by atoms with Crippen LogP contribution in [-0.2, 0) is 9.59 Å². The van der Waals surface area contributed by atoms with Crippen LogP contribution in [0, 0.1) is 6.92 Å². The molecule has 170 valence electrons. The van der Waals surface area contributed by atoms with E-state index in [2.05, 4.69) is 0 Å². The number of rotatable bonds is 7. The van der Waals surface area contributed by atoms with Gasteiger partial charge in [0.15, 0.2) is 11.5 Å². The molecule has 0 radical (unpaired) electrons. The molecule has 1 unspecified atom stereocenters. The predicted octanol–water partition coefficient (Wildman–Crippen LogP) is 5.54. The Kier molecular flexibility index (Phi) is 7.36. The summed E-state index contributed by atoms with van der Waals surface area (Å²) in [6, 6.07) is 8.13. The van der Waals surface area contributed by atoms with E-state index in [1.165, 1.54) is 25.2 Å². The first-order valence-electron chi connectivity index (χ1n) is 10.2. The zero-order valence-corrected chi connectivity index (χ0v) is 19.9. The average Bonchev–Trinajstić information content (AvgIpc) is 3.02. The molecule has 1 heterocycles. The quantitative estimate of drug-likeness (QED) is 0.321. The number of benzene rings is 2. The molecular formula is C24H25Cl2NO5. The summed E-state index contributed by atoms with van der Waals surface area (Å²) in [6.45, 7) is 4.29. The molecule has 6 nitrogen and oxygen atoms in total. The highest BCUT2D eigenvalue weighted by atomic mass is 35.5. The Morgan fingerprint density at radius 2 is 1.78 bits per heavy atom. The van der Waals surface area contributed by atoms with Gasteiger partial charge in [-0.05, 0) is 30.5 Å². The molecule has 32 heavy (non-hydrogen) atoms. The molecule has 1 fully saturated rings. The van der Waals surface area contributed by atoms with E-state index in [9.17, 15) is 14.7 Å². The predicted molar refractivity (Wildman–Crippen MR) is 125 cm³/mol. The summed E-state index contributed by atoms with van der Waals surface area (Å²) in [5, 5.41) is 11.5. The molecule has 1 aliphatic heterocycles. The third kappa shape index (κ3) is 4.05. The van der Waals surface area contributed by atoms with E-state index < -0.39 is 23.5 Å². The van der Waals surface area contributed by atoms with Crippen LogP contribution in [0.15, 0.2) is 35.9 Å². The number of aryl methyl sites for hydroxylation is 1. The van der Waals surface area contributed by atoms with E-state index in [0.29, 0.717) is 6.54 Å². The molecule has 0 aliphatic carbocycles. The second-order valence-electron chi connectivity index (χ2n) is 7.49. The Balaban J connectivity index is 2.31. The molecule has 1 amide bonds. The molecule has 0 saturated carbocycles. The summed E-state index contributed by atoms with van der Waals surface area (Å²) in [6.07, 6.45) is 1.57. The third-order valence-corrected chi connectivity index (χ3v) is 6.19. The van der Waals surface area contributed by atoms with Crippen molar-refractivity contribution in [2.75, 3.05) is 20.8 Å². The molecule has 2 aromatic carbocycles. The van der Waals surface area contributed by atoms with E-state index in [4.69, 9.17) is 32.7 Å². The van der Waals surface area contributed by atoms with Crippen molar-refractivity contribution in [1.29, 1.82) is 0 Å². The number of methoxy groups -OCH3 is 2. The minimum Gasteiger partial charge on any atom is -0.507 e. The highest BCUT2D eigenvalue weighted by molar-refractivity contribution is 6.47. The Labute approximate surface area is 197 Å². The van der Waals surface area contributed by atoms with E-state index in [1.54, 1.807) is 0 Å². The number of carbonyl (C=O) groups is 2. The van der Waals surface area contributed by atoms with Crippen LogP contribution in [0.4, 0.5) is 0 Å². The first-order valence-corrected chi connectivity index (χ1v) is 11.0. The highest BCUT2D eigenvalue weighted by Crippen LogP contribution is 2.47. The van der Waals surface area contributed by atoms with Crippen molar-refractivity contribution in [2.45, 2.75) is 32.7 Å². The van der Waals surface area contributed by atoms with Crippen molar-refractivity contribution >= 4 is 40.7 Å². The maximum absolute atomic E-state index is 13.1. The molecule has 1 saturated heterocycles. The van der Waals surface area contributed by atoms with Crippen LogP contribution in [0.2, 0.25) is 10.0 Å². The lowest BCUT2D eigenvalue weighted by Gasteiger charge is -2.26. The highest BCUT2D eigenvalue weighted by Gasteiger charge is 2.46. The Hall–Kier alpha value is -2.70. The molecule has 1 N–H and O–H groups in total. The number of hydrogen-bond donors (Lipinski definition) is 1. The molecule has 0 bridgehead atoms. The first kappa shape index (κ1) is 24.0. The number of Topliss-reactive ketones (excluding diaryl/α,β-unsaturated/α-hetero) is 1. The van der Waals surface area contributed by atoms with Gasteiger partial charge in [-0.3, -0.25) is 9.59 Å². The Morgan fingerprint density at radius 1 is 1.12 bits per heavy atom. The van der Waals surface area contributed by atoms with Crippen LogP contribution in [0.5, 0.6) is 11.5 Å². The van der Waals surface area contributed by atoms with Crippen LogP contribution < -0.4 is 9.47 Å². The second-order valence-corrected chi connectivity index (χ2v) is 8.27. The molecule has 1 aliphatic rings. The minimum atomic E-state index is -0.767. The maximum atomic E-state index is 13.1. The van der Waals surface area contributed by atoms with Gasteiger partial charge in [-0.2, -0.15) is 0 Å². The van der Waals surface area contributed by atoms with Crippen molar-refractivity contribution < 1.29 is 24.2 Å². The van der Waals surface area contributed by atoms with Crippen LogP contribution in [0.3, 0.4) is 0 Å². The van der Waals surface area contributed by atoms with E-state index in [0.717, 1.165) is 24.0 Å². The number of carbonyl (C=O) groups excluding carboxylic acids is 2. The molecular weight excluding hydrogens is 453 g/mol. The zero-order valence-electron chi connectivity index (χ0n) is 18.4. The third-order valence-electron chi connectivity index (χ3n) is 5.57. The smallest absolute Gasteiger partial charge is 0.295 e. The summed E-state index contributed by atoms with van der Waals surface area (Å²) in [7, 11) is 2.79. The van der Waals surface area contributed by atoms with Gasteiger partial charge in [0.1, 0.15) is 10.8 Å². The van der Waals surface area contributed by atoms with E-state index >= 15 is 0 Å². The molecule has 1 atom stereocenters. The minimum absolute atomic E-state index is 0.0315. The number of unbranched alkanes of at least 4 members (excludes halogenated alkanes) is 1. The number of nitrogens with zero attached hydrogens (tertiary/aromatic N) is 1. The van der Waals surface area contributed by atoms with Gasteiger partial charge in [0, 0.05) is 6.54 Å². The van der Waals surface area contributed by atoms with Gasteiger partial charge < -0.3 is 19.5 Å². The molecule has 0 spiro atoms. The number of hydrogen-bond acceptors (Lipinski definition) is 5. The first-order chi connectivity index (χ1) is 15.3. The van der Waals surface area contributed by atoms with Crippen LogP contribution in [-0.4, -0.2) is 42.5 Å². The topological polar surface area (TPSA) is 76.1 Å². The van der Waals surface area contributed by atoms with Crippen molar-refractivity contribution in [2.24, 2.45) is 0 Å². The van der Waals surface area contributed by atoms with Crippen molar-refractivity contribution in [3.63, 3.8) is 0 Å². The largest absolute Gasteiger partial charge is 0.507 e. The van der Waals surface area contributed by atoms with Crippen LogP contribution >= 0.6 is 23.2 Å². The summed E-state index contributed by atoms with van der Waals surface area (Å²) >= 11 is 12.7. The second kappa shape index (κ2) is 9.84. The van der Waals surface area contributed by atoms with Crippen LogP contribution in [0.1, 0.15) is 42.5 Å². The Morgan fingerprint density at radius 3 is 2.38 bits per heavy atom. The Bertz CT molecular complexity index is 1100. The van der Waals surface area contributed by atoms with Gasteiger partial charge in [-0.1, -0.05) is 60.8 Å². The fourth-order valence-corrected chi connectivity index (χ4v) is 4.63. The molecule has 8 heteroatoms. The van der Waals surface area contributed by atoms with Crippen LogP contribution in [0.25, 0.3) is 5.76 Å². The molecule has 0 aromatic heterocycles. The lowest BCUT2D eigenvalue weighted by molar-refractivity contribution is -0.139.